The second-order valence-electron chi connectivity index (χ2n) is 5.81. The summed E-state index contributed by atoms with van der Waals surface area (Å²) in [5, 5.41) is 3.34. The highest BCUT2D eigenvalue weighted by Gasteiger charge is 2.25. The zero-order chi connectivity index (χ0) is 14.0. The molecule has 2 rings (SSSR count). The molecule has 4 heteroatoms. The van der Waals surface area contributed by atoms with E-state index < -0.39 is 0 Å². The molecule has 3 nitrogen and oxygen atoms in total. The van der Waals surface area contributed by atoms with Crippen LogP contribution >= 0.6 is 11.3 Å². The van der Waals surface area contributed by atoms with Gasteiger partial charge in [-0.25, -0.2) is 0 Å². The average molecular weight is 276 g/mol. The molecule has 1 atom stereocenters. The lowest BCUT2D eigenvalue weighted by atomic mass is 9.81. The van der Waals surface area contributed by atoms with E-state index >= 15 is 0 Å². The summed E-state index contributed by atoms with van der Waals surface area (Å²) in [6.45, 7) is 4.07. The minimum Gasteiger partial charge on any atom is -0.370 e. The number of benzene rings is 1. The maximum absolute atomic E-state index is 11.1. The summed E-state index contributed by atoms with van der Waals surface area (Å²) < 4.78 is 1.25. The predicted molar refractivity (Wildman–Crippen MR) is 81.0 cm³/mol. The van der Waals surface area contributed by atoms with Crippen molar-refractivity contribution < 1.29 is 4.79 Å². The second-order valence-corrected chi connectivity index (χ2v) is 6.72. The lowest BCUT2D eigenvalue weighted by Gasteiger charge is -2.26. The van der Waals surface area contributed by atoms with E-state index in [0.717, 1.165) is 12.0 Å². The van der Waals surface area contributed by atoms with Gasteiger partial charge in [0.15, 0.2) is 0 Å². The van der Waals surface area contributed by atoms with Crippen LogP contribution in [0.4, 0.5) is 0 Å². The van der Waals surface area contributed by atoms with E-state index in [1.807, 2.05) is 26.0 Å². The standard InChI is InChI=1S/C15H20N2OS/c1-15(2,8-14(17)18)7-12(16)11-9-19-13-6-4-3-5-10(11)13/h3-6,9,12H,7-8,16H2,1-2H3,(H2,17,18). The molecule has 19 heavy (non-hydrogen) atoms. The quantitative estimate of drug-likeness (QED) is 0.880. The Balaban J connectivity index is 2.20. The first-order chi connectivity index (χ1) is 8.89. The highest BCUT2D eigenvalue weighted by Crippen LogP contribution is 2.36. The maximum Gasteiger partial charge on any atom is 0.217 e. The summed E-state index contributed by atoms with van der Waals surface area (Å²) in [4.78, 5) is 11.1. The van der Waals surface area contributed by atoms with Crippen molar-refractivity contribution in [1.82, 2.24) is 0 Å². The van der Waals surface area contributed by atoms with Crippen molar-refractivity contribution in [1.29, 1.82) is 0 Å². The molecular formula is C15H20N2OS. The van der Waals surface area contributed by atoms with Gasteiger partial charge < -0.3 is 11.5 Å². The Labute approximate surface area is 117 Å². The number of hydrogen-bond acceptors (Lipinski definition) is 3. The Morgan fingerprint density at radius 3 is 2.74 bits per heavy atom. The number of carbonyl (C=O) groups is 1. The first-order valence-electron chi connectivity index (χ1n) is 6.39. The van der Waals surface area contributed by atoms with Crippen molar-refractivity contribution in [2.45, 2.75) is 32.7 Å². The summed E-state index contributed by atoms with van der Waals surface area (Å²) in [5.41, 5.74) is 12.6. The molecule has 1 amide bonds. The zero-order valence-corrected chi connectivity index (χ0v) is 12.2. The van der Waals surface area contributed by atoms with Crippen molar-refractivity contribution in [2.75, 3.05) is 0 Å². The van der Waals surface area contributed by atoms with Gasteiger partial charge in [-0.2, -0.15) is 0 Å². The summed E-state index contributed by atoms with van der Waals surface area (Å²) in [5.74, 6) is -0.271. The molecule has 0 bridgehead atoms. The summed E-state index contributed by atoms with van der Waals surface area (Å²) in [6, 6.07) is 8.20. The molecule has 0 fully saturated rings. The Bertz CT molecular complexity index is 589. The van der Waals surface area contributed by atoms with Crippen LogP contribution in [0.15, 0.2) is 29.6 Å². The summed E-state index contributed by atoms with van der Waals surface area (Å²) in [6.07, 6.45) is 1.11. The first-order valence-corrected chi connectivity index (χ1v) is 7.27. The normalized spacial score (nSPS) is 13.6. The topological polar surface area (TPSA) is 69.1 Å². The van der Waals surface area contributed by atoms with E-state index in [4.69, 9.17) is 11.5 Å². The van der Waals surface area contributed by atoms with Crippen LogP contribution in [-0.2, 0) is 4.79 Å². The van der Waals surface area contributed by atoms with Crippen molar-refractivity contribution in [3.8, 4) is 0 Å². The number of amides is 1. The molecule has 0 saturated heterocycles. The zero-order valence-electron chi connectivity index (χ0n) is 11.3. The van der Waals surface area contributed by atoms with Crippen LogP contribution in [0.1, 0.15) is 38.3 Å². The first kappa shape index (κ1) is 14.0. The largest absolute Gasteiger partial charge is 0.370 e. The Morgan fingerprint density at radius 1 is 1.37 bits per heavy atom. The maximum atomic E-state index is 11.1. The number of hydrogen-bond donors (Lipinski definition) is 2. The SMILES string of the molecule is CC(C)(CC(N)=O)CC(N)c1csc2ccccc12. The third-order valence-electron chi connectivity index (χ3n) is 3.34. The van der Waals surface area contributed by atoms with Gasteiger partial charge in [0.2, 0.25) is 5.91 Å². The highest BCUT2D eigenvalue weighted by molar-refractivity contribution is 7.17. The third kappa shape index (κ3) is 3.33. The van der Waals surface area contributed by atoms with Crippen molar-refractivity contribution >= 4 is 27.3 Å². The number of thiophene rings is 1. The van der Waals surface area contributed by atoms with Gasteiger partial charge in [0.25, 0.3) is 0 Å². The molecule has 0 radical (unpaired) electrons. The third-order valence-corrected chi connectivity index (χ3v) is 4.32. The van der Waals surface area contributed by atoms with Crippen LogP contribution in [0.25, 0.3) is 10.1 Å². The molecule has 0 aliphatic heterocycles. The minimum absolute atomic E-state index is 0.0644. The van der Waals surface area contributed by atoms with Gasteiger partial charge in [0, 0.05) is 17.2 Å². The van der Waals surface area contributed by atoms with Gasteiger partial charge in [0.1, 0.15) is 0 Å². The van der Waals surface area contributed by atoms with E-state index in [-0.39, 0.29) is 17.4 Å². The molecule has 1 aromatic carbocycles. The number of carbonyl (C=O) groups excluding carboxylic acids is 1. The fourth-order valence-electron chi connectivity index (χ4n) is 2.53. The summed E-state index contributed by atoms with van der Waals surface area (Å²) in [7, 11) is 0. The number of primary amides is 1. The number of rotatable bonds is 5. The molecular weight excluding hydrogens is 256 g/mol. The van der Waals surface area contributed by atoms with Crippen molar-refractivity contribution in [3.63, 3.8) is 0 Å². The van der Waals surface area contributed by atoms with E-state index in [2.05, 4.69) is 17.5 Å². The van der Waals surface area contributed by atoms with Gasteiger partial charge in [-0.1, -0.05) is 32.0 Å². The molecule has 0 spiro atoms. The molecule has 4 N–H and O–H groups in total. The smallest absolute Gasteiger partial charge is 0.217 e. The predicted octanol–water partition coefficient (Wildman–Crippen LogP) is 3.19. The van der Waals surface area contributed by atoms with Gasteiger partial charge in [0.05, 0.1) is 0 Å². The van der Waals surface area contributed by atoms with Crippen LogP contribution in [0.5, 0.6) is 0 Å². The molecule has 0 aliphatic rings. The monoisotopic (exact) mass is 276 g/mol. The van der Waals surface area contributed by atoms with E-state index in [1.54, 1.807) is 11.3 Å². The van der Waals surface area contributed by atoms with Crippen LogP contribution in [0, 0.1) is 5.41 Å². The van der Waals surface area contributed by atoms with Gasteiger partial charge in [-0.15, -0.1) is 11.3 Å². The average Bonchev–Trinajstić information content (AvgIpc) is 2.69. The Morgan fingerprint density at radius 2 is 2.05 bits per heavy atom. The van der Waals surface area contributed by atoms with E-state index in [9.17, 15) is 4.79 Å². The lowest BCUT2D eigenvalue weighted by Crippen LogP contribution is -2.26. The van der Waals surface area contributed by atoms with Gasteiger partial charge >= 0.3 is 0 Å². The highest BCUT2D eigenvalue weighted by atomic mass is 32.1. The van der Waals surface area contributed by atoms with E-state index in [0.29, 0.717) is 6.42 Å². The molecule has 1 aromatic heterocycles. The molecule has 0 aliphatic carbocycles. The molecule has 1 heterocycles. The Kier molecular flexibility index (Phi) is 3.92. The Hall–Kier alpha value is -1.39. The van der Waals surface area contributed by atoms with Crippen molar-refractivity contribution in [2.24, 2.45) is 16.9 Å². The van der Waals surface area contributed by atoms with Gasteiger partial charge in [-0.05, 0) is 34.2 Å². The van der Waals surface area contributed by atoms with Crippen LogP contribution in [0.3, 0.4) is 0 Å². The van der Waals surface area contributed by atoms with Gasteiger partial charge in [-0.3, -0.25) is 4.79 Å². The van der Waals surface area contributed by atoms with Crippen LogP contribution < -0.4 is 11.5 Å². The summed E-state index contributed by atoms with van der Waals surface area (Å²) >= 11 is 1.71. The lowest BCUT2D eigenvalue weighted by molar-refractivity contribution is -0.120. The molecule has 102 valence electrons. The van der Waals surface area contributed by atoms with E-state index in [1.165, 1.54) is 10.1 Å². The van der Waals surface area contributed by atoms with Crippen LogP contribution in [0.2, 0.25) is 0 Å². The molecule has 2 aromatic rings. The number of fused-ring (bicyclic) bond motifs is 1. The molecule has 0 saturated carbocycles. The molecule has 1 unspecified atom stereocenters. The fraction of sp³-hybridized carbons (Fsp3) is 0.400. The second kappa shape index (κ2) is 5.31. The number of nitrogens with two attached hydrogens (primary N) is 2. The van der Waals surface area contributed by atoms with Crippen LogP contribution in [-0.4, -0.2) is 5.91 Å². The van der Waals surface area contributed by atoms with Crippen molar-refractivity contribution in [3.05, 3.63) is 35.2 Å². The fourth-order valence-corrected chi connectivity index (χ4v) is 3.56. The minimum atomic E-state index is -0.271.